The van der Waals surface area contributed by atoms with Gasteiger partial charge in [-0.25, -0.2) is 4.79 Å². The van der Waals surface area contributed by atoms with E-state index < -0.39 is 0 Å². The van der Waals surface area contributed by atoms with E-state index in [-0.39, 0.29) is 18.0 Å². The molecule has 3 amide bonds. The molecule has 0 spiro atoms. The van der Waals surface area contributed by atoms with Crippen LogP contribution in [-0.2, 0) is 9.53 Å². The zero-order valence-electron chi connectivity index (χ0n) is 13.1. The first-order valence-corrected chi connectivity index (χ1v) is 8.71. The van der Waals surface area contributed by atoms with Crippen LogP contribution in [0.1, 0.15) is 12.8 Å². The van der Waals surface area contributed by atoms with Gasteiger partial charge in [0, 0.05) is 48.5 Å². The molecule has 2 aliphatic rings. The minimum absolute atomic E-state index is 0.0363. The summed E-state index contributed by atoms with van der Waals surface area (Å²) in [5.74, 6) is 0.0363. The van der Waals surface area contributed by atoms with Gasteiger partial charge in [0.15, 0.2) is 0 Å². The third kappa shape index (κ3) is 4.12. The molecule has 0 radical (unpaired) electrons. The summed E-state index contributed by atoms with van der Waals surface area (Å²) in [6.45, 7) is 2.66. The third-order valence-electron chi connectivity index (χ3n) is 4.20. The fourth-order valence-corrected chi connectivity index (χ4v) is 3.46. The van der Waals surface area contributed by atoms with Crippen molar-refractivity contribution in [1.29, 1.82) is 0 Å². The molecule has 130 valence electrons. The van der Waals surface area contributed by atoms with Gasteiger partial charge in [0.25, 0.3) is 5.91 Å². The SMILES string of the molecule is O=C(Nc1cc(Cl)cc(Cl)c1)N1CCN(C(=O)[C@H]2CCCO2)CC1. The number of ether oxygens (including phenoxy) is 1. The van der Waals surface area contributed by atoms with Crippen molar-refractivity contribution < 1.29 is 14.3 Å². The lowest BCUT2D eigenvalue weighted by molar-refractivity contribution is -0.142. The monoisotopic (exact) mass is 371 g/mol. The lowest BCUT2D eigenvalue weighted by Gasteiger charge is -2.35. The van der Waals surface area contributed by atoms with Gasteiger partial charge in [0.1, 0.15) is 6.10 Å². The molecule has 24 heavy (non-hydrogen) atoms. The van der Waals surface area contributed by atoms with Crippen LogP contribution in [0.15, 0.2) is 18.2 Å². The van der Waals surface area contributed by atoms with E-state index >= 15 is 0 Å². The highest BCUT2D eigenvalue weighted by molar-refractivity contribution is 6.35. The zero-order valence-corrected chi connectivity index (χ0v) is 14.6. The second-order valence-corrected chi connectivity index (χ2v) is 6.78. The first-order chi connectivity index (χ1) is 11.5. The molecule has 2 aliphatic heterocycles. The van der Waals surface area contributed by atoms with Crippen LogP contribution < -0.4 is 5.32 Å². The maximum absolute atomic E-state index is 12.3. The van der Waals surface area contributed by atoms with Gasteiger partial charge in [0.2, 0.25) is 0 Å². The number of halogens is 2. The first kappa shape index (κ1) is 17.3. The second-order valence-electron chi connectivity index (χ2n) is 5.90. The highest BCUT2D eigenvalue weighted by atomic mass is 35.5. The van der Waals surface area contributed by atoms with Crippen LogP contribution >= 0.6 is 23.2 Å². The van der Waals surface area contributed by atoms with Crippen molar-refractivity contribution in [3.63, 3.8) is 0 Å². The molecule has 1 aromatic rings. The van der Waals surface area contributed by atoms with Crippen molar-refractivity contribution in [2.75, 3.05) is 38.1 Å². The average Bonchev–Trinajstić information content (AvgIpc) is 3.07. The number of nitrogens with zero attached hydrogens (tertiary/aromatic N) is 2. The minimum Gasteiger partial charge on any atom is -0.368 e. The van der Waals surface area contributed by atoms with Gasteiger partial charge < -0.3 is 19.9 Å². The Morgan fingerprint density at radius 2 is 1.67 bits per heavy atom. The van der Waals surface area contributed by atoms with E-state index in [1.54, 1.807) is 28.0 Å². The smallest absolute Gasteiger partial charge is 0.321 e. The molecule has 0 aliphatic carbocycles. The fourth-order valence-electron chi connectivity index (χ4n) is 2.93. The zero-order chi connectivity index (χ0) is 17.1. The summed E-state index contributed by atoms with van der Waals surface area (Å²) in [5, 5.41) is 3.71. The van der Waals surface area contributed by atoms with Gasteiger partial charge in [-0.05, 0) is 31.0 Å². The molecule has 1 aromatic carbocycles. The number of hydrogen-bond acceptors (Lipinski definition) is 3. The maximum Gasteiger partial charge on any atom is 0.321 e. The Labute approximate surface area is 150 Å². The predicted molar refractivity (Wildman–Crippen MR) is 92.6 cm³/mol. The Morgan fingerprint density at radius 3 is 2.25 bits per heavy atom. The number of piperazine rings is 1. The van der Waals surface area contributed by atoms with Crippen LogP contribution in [0, 0.1) is 0 Å². The molecule has 2 saturated heterocycles. The van der Waals surface area contributed by atoms with Gasteiger partial charge in [-0.2, -0.15) is 0 Å². The van der Waals surface area contributed by atoms with Crippen molar-refractivity contribution in [3.8, 4) is 0 Å². The quantitative estimate of drug-likeness (QED) is 0.869. The highest BCUT2D eigenvalue weighted by Gasteiger charge is 2.31. The van der Waals surface area contributed by atoms with Gasteiger partial charge in [-0.3, -0.25) is 4.79 Å². The normalized spacial score (nSPS) is 21.0. The molecule has 6 nitrogen and oxygen atoms in total. The molecule has 8 heteroatoms. The van der Waals surface area contributed by atoms with Crippen molar-refractivity contribution in [2.24, 2.45) is 0 Å². The van der Waals surface area contributed by atoms with E-state index in [0.717, 1.165) is 12.8 Å². The lowest BCUT2D eigenvalue weighted by Crippen LogP contribution is -2.53. The van der Waals surface area contributed by atoms with Crippen molar-refractivity contribution in [1.82, 2.24) is 9.80 Å². The number of anilines is 1. The summed E-state index contributed by atoms with van der Waals surface area (Å²) in [7, 11) is 0. The summed E-state index contributed by atoms with van der Waals surface area (Å²) in [5.41, 5.74) is 0.551. The molecule has 3 rings (SSSR count). The largest absolute Gasteiger partial charge is 0.368 e. The van der Waals surface area contributed by atoms with Crippen molar-refractivity contribution in [3.05, 3.63) is 28.2 Å². The Hall–Kier alpha value is -1.50. The Kier molecular flexibility index (Phi) is 5.48. The minimum atomic E-state index is -0.307. The molecule has 1 atom stereocenters. The Morgan fingerprint density at radius 1 is 1.04 bits per heavy atom. The van der Waals surface area contributed by atoms with E-state index in [0.29, 0.717) is 48.5 Å². The van der Waals surface area contributed by atoms with Crippen LogP contribution in [-0.4, -0.2) is 60.6 Å². The summed E-state index contributed by atoms with van der Waals surface area (Å²) >= 11 is 11.9. The van der Waals surface area contributed by atoms with Gasteiger partial charge in [-0.15, -0.1) is 0 Å². The first-order valence-electron chi connectivity index (χ1n) is 7.95. The van der Waals surface area contributed by atoms with Gasteiger partial charge in [0.05, 0.1) is 0 Å². The molecular formula is C16H19Cl2N3O3. The number of hydrogen-bond donors (Lipinski definition) is 1. The topological polar surface area (TPSA) is 61.9 Å². The molecular weight excluding hydrogens is 353 g/mol. The number of carbonyl (C=O) groups excluding carboxylic acids is 2. The number of carbonyl (C=O) groups is 2. The van der Waals surface area contributed by atoms with E-state index in [4.69, 9.17) is 27.9 Å². The number of urea groups is 1. The number of amides is 3. The Balaban J connectivity index is 1.52. The van der Waals surface area contributed by atoms with E-state index in [9.17, 15) is 9.59 Å². The van der Waals surface area contributed by atoms with Crippen LogP contribution in [0.2, 0.25) is 10.0 Å². The third-order valence-corrected chi connectivity index (χ3v) is 4.63. The molecule has 2 fully saturated rings. The van der Waals surface area contributed by atoms with Crippen molar-refractivity contribution >= 4 is 40.8 Å². The fraction of sp³-hybridized carbons (Fsp3) is 0.500. The standard InChI is InChI=1S/C16H19Cl2N3O3/c17-11-8-12(18)10-13(9-11)19-16(23)21-5-3-20(4-6-21)15(22)14-2-1-7-24-14/h8-10,14H,1-7H2,(H,19,23)/t14-/m1/s1. The van der Waals surface area contributed by atoms with E-state index in [1.807, 2.05) is 0 Å². The number of nitrogens with one attached hydrogen (secondary N) is 1. The van der Waals surface area contributed by atoms with Crippen molar-refractivity contribution in [2.45, 2.75) is 18.9 Å². The molecule has 2 heterocycles. The lowest BCUT2D eigenvalue weighted by atomic mass is 10.2. The van der Waals surface area contributed by atoms with E-state index in [2.05, 4.69) is 5.32 Å². The second kappa shape index (κ2) is 7.59. The van der Waals surface area contributed by atoms with E-state index in [1.165, 1.54) is 0 Å². The van der Waals surface area contributed by atoms with Gasteiger partial charge >= 0.3 is 6.03 Å². The maximum atomic E-state index is 12.3. The molecule has 0 saturated carbocycles. The van der Waals surface area contributed by atoms with Gasteiger partial charge in [-0.1, -0.05) is 23.2 Å². The average molecular weight is 372 g/mol. The highest BCUT2D eigenvalue weighted by Crippen LogP contribution is 2.23. The summed E-state index contributed by atoms with van der Waals surface area (Å²) in [6.07, 6.45) is 1.41. The van der Waals surface area contributed by atoms with Crippen LogP contribution in [0.25, 0.3) is 0 Å². The van der Waals surface area contributed by atoms with Crippen LogP contribution in [0.5, 0.6) is 0 Å². The van der Waals surface area contributed by atoms with Crippen LogP contribution in [0.3, 0.4) is 0 Å². The molecule has 1 N–H and O–H groups in total. The summed E-state index contributed by atoms with van der Waals surface area (Å²) in [4.78, 5) is 28.1. The number of rotatable bonds is 2. The predicted octanol–water partition coefficient (Wildman–Crippen LogP) is 2.85. The summed E-state index contributed by atoms with van der Waals surface area (Å²) in [6, 6.07) is 4.66. The van der Waals surface area contributed by atoms with Crippen LogP contribution in [0.4, 0.5) is 10.5 Å². The molecule has 0 aromatic heterocycles. The number of benzene rings is 1. The summed E-state index contributed by atoms with van der Waals surface area (Å²) < 4.78 is 5.43. The Bertz CT molecular complexity index is 607. The molecule has 0 unspecified atom stereocenters. The molecule has 0 bridgehead atoms.